The normalized spacial score (nSPS) is 18.1. The third kappa shape index (κ3) is 4.54. The lowest BCUT2D eigenvalue weighted by atomic mass is 10.1. The quantitative estimate of drug-likeness (QED) is 0.860. The zero-order chi connectivity index (χ0) is 13.5. The maximum atomic E-state index is 13.5. The Morgan fingerprint density at radius 1 is 1.47 bits per heavy atom. The first kappa shape index (κ1) is 14.4. The van der Waals surface area contributed by atoms with Crippen LogP contribution in [0.5, 0.6) is 0 Å². The highest BCUT2D eigenvalue weighted by atomic mass is 32.2. The Morgan fingerprint density at radius 3 is 3.11 bits per heavy atom. The van der Waals surface area contributed by atoms with E-state index in [4.69, 9.17) is 10.5 Å². The Hall–Kier alpha value is -1.02. The summed E-state index contributed by atoms with van der Waals surface area (Å²) in [5.41, 5.74) is 6.82. The van der Waals surface area contributed by atoms with Gasteiger partial charge in [0.1, 0.15) is 5.82 Å². The molecule has 1 atom stereocenters. The highest BCUT2D eigenvalue weighted by Crippen LogP contribution is 2.21. The molecule has 4 heteroatoms. The average Bonchev–Trinajstić information content (AvgIpc) is 2.92. The summed E-state index contributed by atoms with van der Waals surface area (Å²) >= 11 is 1.82. The zero-order valence-corrected chi connectivity index (χ0v) is 11.6. The zero-order valence-electron chi connectivity index (χ0n) is 10.8. The smallest absolute Gasteiger partial charge is 0.138 e. The summed E-state index contributed by atoms with van der Waals surface area (Å²) < 4.78 is 19.1. The lowest BCUT2D eigenvalue weighted by Crippen LogP contribution is -2.07. The number of thioether (sulfide) groups is 1. The van der Waals surface area contributed by atoms with Crippen molar-refractivity contribution in [1.29, 1.82) is 0 Å². The molecule has 1 heterocycles. The molecule has 1 unspecified atom stereocenters. The monoisotopic (exact) mass is 279 g/mol. The molecule has 0 aromatic heterocycles. The van der Waals surface area contributed by atoms with Crippen molar-refractivity contribution in [3.8, 4) is 11.8 Å². The van der Waals surface area contributed by atoms with Gasteiger partial charge in [0.05, 0.1) is 18.2 Å². The molecule has 0 spiro atoms. The predicted molar refractivity (Wildman–Crippen MR) is 77.5 cm³/mol. The van der Waals surface area contributed by atoms with Gasteiger partial charge in [-0.15, -0.1) is 0 Å². The summed E-state index contributed by atoms with van der Waals surface area (Å²) in [5, 5.41) is 0. The molecule has 2 rings (SSSR count). The second kappa shape index (κ2) is 7.54. The molecule has 102 valence electrons. The molecule has 2 nitrogen and oxygen atoms in total. The SMILES string of the molecule is NCC#Cc1cc(CSCC2CCCO2)ccc1F. The number of hydrogen-bond acceptors (Lipinski definition) is 3. The lowest BCUT2D eigenvalue weighted by molar-refractivity contribution is 0.129. The topological polar surface area (TPSA) is 35.2 Å². The fourth-order valence-corrected chi connectivity index (χ4v) is 3.05. The van der Waals surface area contributed by atoms with Gasteiger partial charge in [-0.1, -0.05) is 17.9 Å². The van der Waals surface area contributed by atoms with Crippen molar-refractivity contribution >= 4 is 11.8 Å². The number of ether oxygens (including phenoxy) is 1. The Kier molecular flexibility index (Phi) is 5.71. The number of halogens is 1. The molecule has 2 N–H and O–H groups in total. The van der Waals surface area contributed by atoms with Crippen molar-refractivity contribution in [2.45, 2.75) is 24.7 Å². The van der Waals surface area contributed by atoms with Crippen LogP contribution < -0.4 is 5.73 Å². The van der Waals surface area contributed by atoms with Gasteiger partial charge in [0.2, 0.25) is 0 Å². The van der Waals surface area contributed by atoms with Crippen molar-refractivity contribution in [3.63, 3.8) is 0 Å². The first-order valence-electron chi connectivity index (χ1n) is 6.46. The molecule has 1 saturated heterocycles. The van der Waals surface area contributed by atoms with Crippen LogP contribution in [0.25, 0.3) is 0 Å². The number of rotatable bonds is 4. The number of benzene rings is 1. The van der Waals surface area contributed by atoms with Crippen molar-refractivity contribution in [1.82, 2.24) is 0 Å². The highest BCUT2D eigenvalue weighted by molar-refractivity contribution is 7.98. The molecule has 0 amide bonds. The van der Waals surface area contributed by atoms with Crippen LogP contribution >= 0.6 is 11.8 Å². The van der Waals surface area contributed by atoms with Crippen molar-refractivity contribution in [2.24, 2.45) is 5.73 Å². The summed E-state index contributed by atoms with van der Waals surface area (Å²) in [6, 6.07) is 5.09. The van der Waals surface area contributed by atoms with Crippen molar-refractivity contribution < 1.29 is 9.13 Å². The van der Waals surface area contributed by atoms with Crippen LogP contribution in [0, 0.1) is 17.7 Å². The molecule has 0 saturated carbocycles. The Morgan fingerprint density at radius 2 is 2.37 bits per heavy atom. The van der Waals surface area contributed by atoms with E-state index in [0.717, 1.165) is 30.1 Å². The molecule has 0 bridgehead atoms. The Labute approximate surface area is 117 Å². The minimum absolute atomic E-state index is 0.247. The average molecular weight is 279 g/mol. The van der Waals surface area contributed by atoms with Gasteiger partial charge in [0.15, 0.2) is 0 Å². The van der Waals surface area contributed by atoms with E-state index >= 15 is 0 Å². The molecule has 1 aliphatic heterocycles. The van der Waals surface area contributed by atoms with E-state index in [9.17, 15) is 4.39 Å². The van der Waals surface area contributed by atoms with Gasteiger partial charge in [-0.3, -0.25) is 0 Å². The van der Waals surface area contributed by atoms with Crippen LogP contribution in [-0.2, 0) is 10.5 Å². The van der Waals surface area contributed by atoms with Crippen molar-refractivity contribution in [3.05, 3.63) is 35.1 Å². The van der Waals surface area contributed by atoms with Gasteiger partial charge in [0, 0.05) is 18.1 Å². The molecule has 1 aromatic carbocycles. The van der Waals surface area contributed by atoms with Crippen LogP contribution in [0.4, 0.5) is 4.39 Å². The second-order valence-corrected chi connectivity index (χ2v) is 5.50. The van der Waals surface area contributed by atoms with Crippen LogP contribution in [-0.4, -0.2) is 25.0 Å². The first-order chi connectivity index (χ1) is 9.29. The minimum Gasteiger partial charge on any atom is -0.377 e. The fourth-order valence-electron chi connectivity index (χ4n) is 1.99. The highest BCUT2D eigenvalue weighted by Gasteiger charge is 2.15. The summed E-state index contributed by atoms with van der Waals surface area (Å²) in [7, 11) is 0. The van der Waals surface area contributed by atoms with E-state index in [1.165, 1.54) is 12.5 Å². The maximum Gasteiger partial charge on any atom is 0.138 e. The Bertz CT molecular complexity index is 475. The van der Waals surface area contributed by atoms with E-state index in [1.54, 1.807) is 6.07 Å². The minimum atomic E-state index is -0.283. The Balaban J connectivity index is 1.89. The van der Waals surface area contributed by atoms with Gasteiger partial charge in [0.25, 0.3) is 0 Å². The van der Waals surface area contributed by atoms with E-state index in [1.807, 2.05) is 17.8 Å². The van der Waals surface area contributed by atoms with Gasteiger partial charge in [-0.25, -0.2) is 4.39 Å². The lowest BCUT2D eigenvalue weighted by Gasteiger charge is -2.08. The molecule has 1 fully saturated rings. The van der Waals surface area contributed by atoms with Gasteiger partial charge >= 0.3 is 0 Å². The third-order valence-corrected chi connectivity index (χ3v) is 4.10. The molecular formula is C15H18FNOS. The molecular weight excluding hydrogens is 261 g/mol. The molecule has 0 aliphatic carbocycles. The third-order valence-electron chi connectivity index (χ3n) is 2.95. The van der Waals surface area contributed by atoms with Crippen LogP contribution in [0.15, 0.2) is 18.2 Å². The maximum absolute atomic E-state index is 13.5. The molecule has 1 aliphatic rings. The first-order valence-corrected chi connectivity index (χ1v) is 7.62. The molecule has 1 aromatic rings. The van der Waals surface area contributed by atoms with Crippen LogP contribution in [0.1, 0.15) is 24.0 Å². The second-order valence-electron chi connectivity index (χ2n) is 4.47. The number of hydrogen-bond donors (Lipinski definition) is 1. The standard InChI is InChI=1S/C15H18FNOS/c16-15-6-5-12(9-13(15)3-1-7-17)10-19-11-14-4-2-8-18-14/h5-6,9,14H,2,4,7-8,10-11,17H2. The van der Waals surface area contributed by atoms with E-state index in [2.05, 4.69) is 11.8 Å². The number of nitrogens with two attached hydrogens (primary N) is 1. The summed E-state index contributed by atoms with van der Waals surface area (Å²) in [6.07, 6.45) is 2.71. The van der Waals surface area contributed by atoms with E-state index in [0.29, 0.717) is 11.7 Å². The van der Waals surface area contributed by atoms with Crippen molar-refractivity contribution in [2.75, 3.05) is 18.9 Å². The molecule has 0 radical (unpaired) electrons. The van der Waals surface area contributed by atoms with E-state index in [-0.39, 0.29) is 12.4 Å². The fraction of sp³-hybridized carbons (Fsp3) is 0.467. The van der Waals surface area contributed by atoms with Gasteiger partial charge < -0.3 is 10.5 Å². The summed E-state index contributed by atoms with van der Waals surface area (Å²) in [6.45, 7) is 1.14. The van der Waals surface area contributed by atoms with Crippen LogP contribution in [0.3, 0.4) is 0 Å². The van der Waals surface area contributed by atoms with E-state index < -0.39 is 0 Å². The van der Waals surface area contributed by atoms with Gasteiger partial charge in [-0.2, -0.15) is 11.8 Å². The molecule has 19 heavy (non-hydrogen) atoms. The predicted octanol–water partition coefficient (Wildman–Crippen LogP) is 2.55. The van der Waals surface area contributed by atoms with Gasteiger partial charge in [-0.05, 0) is 30.5 Å². The van der Waals surface area contributed by atoms with Crippen LogP contribution in [0.2, 0.25) is 0 Å². The summed E-state index contributed by atoms with van der Waals surface area (Å²) in [4.78, 5) is 0. The largest absolute Gasteiger partial charge is 0.377 e. The summed E-state index contributed by atoms with van der Waals surface area (Å²) in [5.74, 6) is 7.02.